The first kappa shape index (κ1) is 11.6. The minimum absolute atomic E-state index is 0.253. The molecule has 0 amide bonds. The van der Waals surface area contributed by atoms with E-state index in [0.29, 0.717) is 6.42 Å². The molecular formula is C8H14N2O2S2. The lowest BCUT2D eigenvalue weighted by atomic mass is 10.4. The van der Waals surface area contributed by atoms with Gasteiger partial charge in [0.1, 0.15) is 9.84 Å². The molecule has 4 nitrogen and oxygen atoms in total. The van der Waals surface area contributed by atoms with E-state index in [-0.39, 0.29) is 5.75 Å². The van der Waals surface area contributed by atoms with Crippen LogP contribution in [-0.2, 0) is 16.4 Å². The summed E-state index contributed by atoms with van der Waals surface area (Å²) in [4.78, 5) is 5.11. The van der Waals surface area contributed by atoms with Crippen molar-refractivity contribution in [2.24, 2.45) is 0 Å². The topological polar surface area (TPSA) is 59.1 Å². The zero-order valence-electron chi connectivity index (χ0n) is 8.06. The fourth-order valence-corrected chi connectivity index (χ4v) is 2.23. The summed E-state index contributed by atoms with van der Waals surface area (Å²) in [5.41, 5.74) is 1.79. The van der Waals surface area contributed by atoms with Crippen molar-refractivity contribution < 1.29 is 8.42 Å². The van der Waals surface area contributed by atoms with Crippen LogP contribution in [0.1, 0.15) is 11.3 Å². The summed E-state index contributed by atoms with van der Waals surface area (Å²) >= 11 is 1.59. The zero-order valence-corrected chi connectivity index (χ0v) is 9.70. The number of hydrogen-bond donors (Lipinski definition) is 1. The SMILES string of the molecule is CS(=O)(=O)CCCNCc1cncs1. The van der Waals surface area contributed by atoms with Crippen LogP contribution in [0, 0.1) is 0 Å². The van der Waals surface area contributed by atoms with E-state index in [4.69, 9.17) is 0 Å². The van der Waals surface area contributed by atoms with E-state index in [9.17, 15) is 8.42 Å². The maximum Gasteiger partial charge on any atom is 0.147 e. The number of rotatable bonds is 6. The molecule has 0 unspecified atom stereocenters. The Bertz CT molecular complexity index is 345. The Labute approximate surface area is 88.3 Å². The molecule has 0 aliphatic carbocycles. The third kappa shape index (κ3) is 5.31. The first-order valence-electron chi connectivity index (χ1n) is 4.34. The van der Waals surface area contributed by atoms with Gasteiger partial charge in [0.05, 0.1) is 11.3 Å². The van der Waals surface area contributed by atoms with Crippen molar-refractivity contribution in [3.05, 3.63) is 16.6 Å². The second-order valence-corrected chi connectivity index (χ2v) is 6.36. The van der Waals surface area contributed by atoms with Gasteiger partial charge in [-0.1, -0.05) is 0 Å². The Morgan fingerprint density at radius 2 is 2.36 bits per heavy atom. The quantitative estimate of drug-likeness (QED) is 0.735. The van der Waals surface area contributed by atoms with Crippen molar-refractivity contribution >= 4 is 21.2 Å². The molecule has 0 saturated heterocycles. The summed E-state index contributed by atoms with van der Waals surface area (Å²) in [6.07, 6.45) is 3.74. The van der Waals surface area contributed by atoms with E-state index in [0.717, 1.165) is 13.1 Å². The van der Waals surface area contributed by atoms with Gasteiger partial charge in [0, 0.05) is 23.9 Å². The average Bonchev–Trinajstić information content (AvgIpc) is 2.54. The lowest BCUT2D eigenvalue weighted by Crippen LogP contribution is -2.17. The first-order chi connectivity index (χ1) is 6.58. The van der Waals surface area contributed by atoms with Crippen molar-refractivity contribution in [2.45, 2.75) is 13.0 Å². The van der Waals surface area contributed by atoms with Crippen molar-refractivity contribution in [2.75, 3.05) is 18.6 Å². The molecule has 0 spiro atoms. The standard InChI is InChI=1S/C8H14N2O2S2/c1-14(11,12)4-2-3-9-5-8-6-10-7-13-8/h6-7,9H,2-5H2,1H3. The van der Waals surface area contributed by atoms with Crippen LogP contribution in [0.4, 0.5) is 0 Å². The number of aromatic nitrogens is 1. The molecule has 0 fully saturated rings. The van der Waals surface area contributed by atoms with E-state index in [2.05, 4.69) is 10.3 Å². The van der Waals surface area contributed by atoms with Crippen LogP contribution in [0.2, 0.25) is 0 Å². The van der Waals surface area contributed by atoms with Crippen LogP contribution in [0.5, 0.6) is 0 Å². The number of nitrogens with zero attached hydrogens (tertiary/aromatic N) is 1. The first-order valence-corrected chi connectivity index (χ1v) is 7.28. The Morgan fingerprint density at radius 3 is 2.93 bits per heavy atom. The van der Waals surface area contributed by atoms with E-state index < -0.39 is 9.84 Å². The van der Waals surface area contributed by atoms with Crippen molar-refractivity contribution in [1.82, 2.24) is 10.3 Å². The molecule has 6 heteroatoms. The third-order valence-corrected chi connectivity index (χ3v) is 3.46. The maximum atomic E-state index is 10.8. The van der Waals surface area contributed by atoms with Gasteiger partial charge in [-0.2, -0.15) is 0 Å². The molecule has 1 heterocycles. The Hall–Kier alpha value is -0.460. The van der Waals surface area contributed by atoms with Crippen LogP contribution in [0.15, 0.2) is 11.7 Å². The van der Waals surface area contributed by atoms with Gasteiger partial charge in [0.25, 0.3) is 0 Å². The molecule has 80 valence electrons. The van der Waals surface area contributed by atoms with E-state index in [1.165, 1.54) is 11.1 Å². The largest absolute Gasteiger partial charge is 0.312 e. The number of hydrogen-bond acceptors (Lipinski definition) is 5. The number of sulfone groups is 1. The minimum Gasteiger partial charge on any atom is -0.312 e. The molecule has 1 N–H and O–H groups in total. The summed E-state index contributed by atoms with van der Waals surface area (Å²) in [7, 11) is -2.81. The summed E-state index contributed by atoms with van der Waals surface area (Å²) in [6.45, 7) is 1.50. The zero-order chi connectivity index (χ0) is 10.4. The fraction of sp³-hybridized carbons (Fsp3) is 0.625. The summed E-state index contributed by atoms with van der Waals surface area (Å²) < 4.78 is 21.6. The van der Waals surface area contributed by atoms with Gasteiger partial charge in [-0.3, -0.25) is 4.98 Å². The molecule has 0 radical (unpaired) electrons. The molecule has 1 rings (SSSR count). The van der Waals surface area contributed by atoms with E-state index in [1.54, 1.807) is 16.8 Å². The van der Waals surface area contributed by atoms with Gasteiger partial charge in [-0.05, 0) is 13.0 Å². The molecular weight excluding hydrogens is 220 g/mol. The van der Waals surface area contributed by atoms with Crippen molar-refractivity contribution in [3.63, 3.8) is 0 Å². The van der Waals surface area contributed by atoms with Crippen LogP contribution >= 0.6 is 11.3 Å². The summed E-state index contributed by atoms with van der Waals surface area (Å²) in [6, 6.07) is 0. The molecule has 1 aromatic heterocycles. The Morgan fingerprint density at radius 1 is 1.57 bits per heavy atom. The molecule has 0 atom stereocenters. The van der Waals surface area contributed by atoms with Gasteiger partial charge in [-0.15, -0.1) is 11.3 Å². The Kier molecular flexibility index (Phi) is 4.50. The molecule has 0 aliphatic heterocycles. The normalized spacial score (nSPS) is 11.8. The molecule has 0 aromatic carbocycles. The smallest absolute Gasteiger partial charge is 0.147 e. The summed E-state index contributed by atoms with van der Waals surface area (Å²) in [5.74, 6) is 0.253. The minimum atomic E-state index is -2.81. The van der Waals surface area contributed by atoms with E-state index >= 15 is 0 Å². The monoisotopic (exact) mass is 234 g/mol. The van der Waals surface area contributed by atoms with Crippen molar-refractivity contribution in [3.8, 4) is 0 Å². The van der Waals surface area contributed by atoms with Gasteiger partial charge >= 0.3 is 0 Å². The lowest BCUT2D eigenvalue weighted by Gasteiger charge is -2.01. The van der Waals surface area contributed by atoms with Gasteiger partial charge in [0.2, 0.25) is 0 Å². The average molecular weight is 234 g/mol. The predicted octanol–water partition coefficient (Wildman–Crippen LogP) is 0.667. The van der Waals surface area contributed by atoms with Crippen molar-refractivity contribution in [1.29, 1.82) is 0 Å². The molecule has 0 aliphatic rings. The number of nitrogens with one attached hydrogen (secondary N) is 1. The molecule has 14 heavy (non-hydrogen) atoms. The van der Waals surface area contributed by atoms with Gasteiger partial charge < -0.3 is 5.32 Å². The van der Waals surface area contributed by atoms with Gasteiger partial charge in [0.15, 0.2) is 0 Å². The van der Waals surface area contributed by atoms with E-state index in [1.807, 2.05) is 6.20 Å². The highest BCUT2D eigenvalue weighted by Crippen LogP contribution is 2.03. The van der Waals surface area contributed by atoms with Crippen LogP contribution in [0.25, 0.3) is 0 Å². The highest BCUT2D eigenvalue weighted by atomic mass is 32.2. The molecule has 0 saturated carbocycles. The second kappa shape index (κ2) is 5.43. The lowest BCUT2D eigenvalue weighted by molar-refractivity contribution is 0.594. The molecule has 1 aromatic rings. The molecule has 0 bridgehead atoms. The predicted molar refractivity (Wildman–Crippen MR) is 58.1 cm³/mol. The third-order valence-electron chi connectivity index (χ3n) is 1.65. The van der Waals surface area contributed by atoms with Crippen LogP contribution < -0.4 is 5.32 Å². The second-order valence-electron chi connectivity index (χ2n) is 3.13. The van der Waals surface area contributed by atoms with Crippen LogP contribution in [0.3, 0.4) is 0 Å². The maximum absolute atomic E-state index is 10.8. The van der Waals surface area contributed by atoms with Gasteiger partial charge in [-0.25, -0.2) is 8.42 Å². The highest BCUT2D eigenvalue weighted by Gasteiger charge is 2.00. The highest BCUT2D eigenvalue weighted by molar-refractivity contribution is 7.90. The summed E-state index contributed by atoms with van der Waals surface area (Å²) in [5, 5.41) is 3.17. The number of thiazole rings is 1. The Balaban J connectivity index is 2.06. The van der Waals surface area contributed by atoms with Crippen LogP contribution in [-0.4, -0.2) is 32.0 Å². The fourth-order valence-electron chi connectivity index (χ4n) is 1.00.